The number of hydrogen-bond acceptors (Lipinski definition) is 2. The summed E-state index contributed by atoms with van der Waals surface area (Å²) in [7, 11) is 0. The van der Waals surface area contributed by atoms with Crippen molar-refractivity contribution in [2.24, 2.45) is 0 Å². The summed E-state index contributed by atoms with van der Waals surface area (Å²) in [4.78, 5) is 12.2. The first-order valence-electron chi connectivity index (χ1n) is 5.63. The van der Waals surface area contributed by atoms with E-state index in [0.717, 1.165) is 12.1 Å². The monoisotopic (exact) mass is 258 g/mol. The summed E-state index contributed by atoms with van der Waals surface area (Å²) in [5.41, 5.74) is 1.00. The molecule has 0 aliphatic carbocycles. The lowest BCUT2D eigenvalue weighted by atomic mass is 10.0. The van der Waals surface area contributed by atoms with E-state index in [9.17, 15) is 13.6 Å². The van der Waals surface area contributed by atoms with Crippen LogP contribution in [0, 0.1) is 11.6 Å². The Hall–Kier alpha value is -2.49. The molecule has 2 nitrogen and oxygen atoms in total. The van der Waals surface area contributed by atoms with E-state index >= 15 is 0 Å². The molecule has 0 aliphatic heterocycles. The van der Waals surface area contributed by atoms with Gasteiger partial charge in [-0.15, -0.1) is 0 Å². The van der Waals surface area contributed by atoms with E-state index in [4.69, 9.17) is 4.42 Å². The summed E-state index contributed by atoms with van der Waals surface area (Å²) < 4.78 is 31.3. The Morgan fingerprint density at radius 3 is 2.58 bits per heavy atom. The van der Waals surface area contributed by atoms with Crippen molar-refractivity contribution in [3.63, 3.8) is 0 Å². The van der Waals surface area contributed by atoms with Gasteiger partial charge >= 0.3 is 0 Å². The van der Waals surface area contributed by atoms with Gasteiger partial charge in [-0.05, 0) is 24.3 Å². The van der Waals surface area contributed by atoms with Crippen molar-refractivity contribution in [2.75, 3.05) is 0 Å². The SMILES string of the molecule is O=C(c1ccc(F)c(F)c1)c1coc2ccccc12. The third-order valence-electron chi connectivity index (χ3n) is 2.91. The normalized spacial score (nSPS) is 10.8. The summed E-state index contributed by atoms with van der Waals surface area (Å²) in [5, 5.41) is 0.650. The van der Waals surface area contributed by atoms with Crippen LogP contribution in [0.1, 0.15) is 15.9 Å². The van der Waals surface area contributed by atoms with Crippen molar-refractivity contribution in [1.29, 1.82) is 0 Å². The van der Waals surface area contributed by atoms with Crippen LogP contribution in [-0.4, -0.2) is 5.78 Å². The Balaban J connectivity index is 2.11. The standard InChI is InChI=1S/C15H8F2O2/c16-12-6-5-9(7-13(12)17)15(18)11-8-19-14-4-2-1-3-10(11)14/h1-8H. The van der Waals surface area contributed by atoms with Crippen LogP contribution in [0.3, 0.4) is 0 Å². The van der Waals surface area contributed by atoms with Crippen LogP contribution in [-0.2, 0) is 0 Å². The molecule has 0 aliphatic rings. The molecule has 0 amide bonds. The molecule has 1 heterocycles. The number of carbonyl (C=O) groups excluding carboxylic acids is 1. The average molecular weight is 258 g/mol. The zero-order valence-electron chi connectivity index (χ0n) is 9.69. The van der Waals surface area contributed by atoms with Crippen molar-refractivity contribution in [3.8, 4) is 0 Å². The molecule has 0 bridgehead atoms. The van der Waals surface area contributed by atoms with Crippen LogP contribution in [0.15, 0.2) is 53.1 Å². The van der Waals surface area contributed by atoms with Crippen LogP contribution in [0.4, 0.5) is 8.78 Å². The molecule has 0 radical (unpaired) electrons. The summed E-state index contributed by atoms with van der Waals surface area (Å²) in [6.07, 6.45) is 1.33. The molecule has 2 aromatic carbocycles. The second-order valence-corrected chi connectivity index (χ2v) is 4.10. The predicted molar refractivity (Wildman–Crippen MR) is 66.0 cm³/mol. The highest BCUT2D eigenvalue weighted by molar-refractivity contribution is 6.15. The minimum atomic E-state index is -1.04. The molecular formula is C15H8F2O2. The minimum absolute atomic E-state index is 0.0884. The Kier molecular flexibility index (Phi) is 2.63. The van der Waals surface area contributed by atoms with Gasteiger partial charge in [0, 0.05) is 10.9 Å². The molecule has 3 aromatic rings. The zero-order chi connectivity index (χ0) is 13.4. The maximum Gasteiger partial charge on any atom is 0.196 e. The van der Waals surface area contributed by atoms with Crippen LogP contribution >= 0.6 is 0 Å². The van der Waals surface area contributed by atoms with E-state index in [1.165, 1.54) is 12.3 Å². The smallest absolute Gasteiger partial charge is 0.196 e. The lowest BCUT2D eigenvalue weighted by molar-refractivity contribution is 0.103. The third-order valence-corrected chi connectivity index (χ3v) is 2.91. The van der Waals surface area contributed by atoms with Gasteiger partial charge in [-0.3, -0.25) is 4.79 Å². The number of rotatable bonds is 2. The maximum atomic E-state index is 13.1. The van der Waals surface area contributed by atoms with Crippen molar-refractivity contribution < 1.29 is 18.0 Å². The highest BCUT2D eigenvalue weighted by Gasteiger charge is 2.16. The van der Waals surface area contributed by atoms with E-state index in [1.807, 2.05) is 0 Å². The van der Waals surface area contributed by atoms with Gasteiger partial charge in [0.25, 0.3) is 0 Å². The Morgan fingerprint density at radius 1 is 1.00 bits per heavy atom. The number of halogens is 2. The maximum absolute atomic E-state index is 13.1. The van der Waals surface area contributed by atoms with Crippen molar-refractivity contribution in [3.05, 3.63) is 71.5 Å². The Morgan fingerprint density at radius 2 is 1.79 bits per heavy atom. The van der Waals surface area contributed by atoms with Gasteiger partial charge in [-0.1, -0.05) is 18.2 Å². The topological polar surface area (TPSA) is 30.2 Å². The fourth-order valence-corrected chi connectivity index (χ4v) is 1.95. The minimum Gasteiger partial charge on any atom is -0.464 e. The van der Waals surface area contributed by atoms with Gasteiger partial charge in [-0.2, -0.15) is 0 Å². The summed E-state index contributed by atoms with van der Waals surface area (Å²) >= 11 is 0. The largest absolute Gasteiger partial charge is 0.464 e. The van der Waals surface area contributed by atoms with Crippen LogP contribution in [0.5, 0.6) is 0 Å². The van der Waals surface area contributed by atoms with Crippen LogP contribution in [0.25, 0.3) is 11.0 Å². The van der Waals surface area contributed by atoms with E-state index in [-0.39, 0.29) is 5.56 Å². The summed E-state index contributed by atoms with van der Waals surface area (Å²) in [6, 6.07) is 10.1. The van der Waals surface area contributed by atoms with Gasteiger partial charge in [0.2, 0.25) is 0 Å². The van der Waals surface area contributed by atoms with Crippen LogP contribution < -0.4 is 0 Å². The first kappa shape index (κ1) is 11.6. The molecule has 0 saturated heterocycles. The predicted octanol–water partition coefficient (Wildman–Crippen LogP) is 3.94. The van der Waals surface area contributed by atoms with Gasteiger partial charge < -0.3 is 4.42 Å². The highest BCUT2D eigenvalue weighted by Crippen LogP contribution is 2.23. The molecule has 3 rings (SSSR count). The van der Waals surface area contributed by atoms with Crippen molar-refractivity contribution in [1.82, 2.24) is 0 Å². The molecule has 94 valence electrons. The fourth-order valence-electron chi connectivity index (χ4n) is 1.95. The number of furan rings is 1. The molecule has 0 N–H and O–H groups in total. The van der Waals surface area contributed by atoms with Gasteiger partial charge in [0.1, 0.15) is 11.8 Å². The van der Waals surface area contributed by atoms with Crippen LogP contribution in [0.2, 0.25) is 0 Å². The molecular weight excluding hydrogens is 250 g/mol. The quantitative estimate of drug-likeness (QED) is 0.652. The number of fused-ring (bicyclic) bond motifs is 1. The van der Waals surface area contributed by atoms with E-state index < -0.39 is 17.4 Å². The molecule has 0 unspecified atom stereocenters. The van der Waals surface area contributed by atoms with E-state index in [1.54, 1.807) is 24.3 Å². The third kappa shape index (κ3) is 1.91. The first-order chi connectivity index (χ1) is 9.16. The fraction of sp³-hybridized carbons (Fsp3) is 0. The van der Waals surface area contributed by atoms with E-state index in [0.29, 0.717) is 16.5 Å². The molecule has 0 atom stereocenters. The number of hydrogen-bond donors (Lipinski definition) is 0. The summed E-state index contributed by atoms with van der Waals surface area (Å²) in [6.45, 7) is 0. The van der Waals surface area contributed by atoms with Gasteiger partial charge in [0.15, 0.2) is 17.4 Å². The number of carbonyl (C=O) groups is 1. The Bertz CT molecular complexity index is 775. The summed E-state index contributed by atoms with van der Waals surface area (Å²) in [5.74, 6) is -2.42. The van der Waals surface area contributed by atoms with Crippen molar-refractivity contribution >= 4 is 16.8 Å². The second kappa shape index (κ2) is 4.31. The van der Waals surface area contributed by atoms with Gasteiger partial charge in [0.05, 0.1) is 5.56 Å². The second-order valence-electron chi connectivity index (χ2n) is 4.10. The lowest BCUT2D eigenvalue weighted by Crippen LogP contribution is -2.01. The molecule has 19 heavy (non-hydrogen) atoms. The molecule has 0 saturated carbocycles. The number of para-hydroxylation sites is 1. The van der Waals surface area contributed by atoms with E-state index in [2.05, 4.69) is 0 Å². The van der Waals surface area contributed by atoms with Gasteiger partial charge in [-0.25, -0.2) is 8.78 Å². The molecule has 1 aromatic heterocycles. The zero-order valence-corrected chi connectivity index (χ0v) is 9.69. The molecule has 4 heteroatoms. The van der Waals surface area contributed by atoms with Crippen molar-refractivity contribution in [2.45, 2.75) is 0 Å². The lowest BCUT2D eigenvalue weighted by Gasteiger charge is -2.00. The molecule has 0 fully saturated rings. The average Bonchev–Trinajstić information content (AvgIpc) is 2.85. The first-order valence-corrected chi connectivity index (χ1v) is 5.63. The number of ketones is 1. The Labute approximate surface area is 107 Å². The highest BCUT2D eigenvalue weighted by atomic mass is 19.2. The molecule has 0 spiro atoms. The number of benzene rings is 2.